The molecule has 0 aliphatic rings. The van der Waals surface area contributed by atoms with Crippen molar-refractivity contribution in [3.05, 3.63) is 86.7 Å². The van der Waals surface area contributed by atoms with E-state index in [4.69, 9.17) is 0 Å². The Bertz CT molecular complexity index is 1410. The molecule has 0 bridgehead atoms. The first-order valence-electron chi connectivity index (χ1n) is 12.5. The molecule has 0 unspecified atom stereocenters. The zero-order valence-corrected chi connectivity index (χ0v) is 22.0. The van der Waals surface area contributed by atoms with Gasteiger partial charge in [0.15, 0.2) is 5.82 Å². The average molecular weight is 491 g/mol. The zero-order valence-electron chi connectivity index (χ0n) is 22.0. The summed E-state index contributed by atoms with van der Waals surface area (Å²) in [5, 5.41) is 13.8. The molecule has 4 rings (SSSR count). The summed E-state index contributed by atoms with van der Waals surface area (Å²) in [5.74, 6) is 0.484. The molecule has 0 aliphatic heterocycles. The van der Waals surface area contributed by atoms with Crippen molar-refractivity contribution in [2.75, 3.05) is 0 Å². The number of hydrogen-bond acceptors (Lipinski definition) is 5. The van der Waals surface area contributed by atoms with E-state index >= 15 is 0 Å². The Balaban J connectivity index is 1.79. The molecule has 0 saturated carbocycles. The lowest BCUT2D eigenvalue weighted by Gasteiger charge is -2.33. The quantitative estimate of drug-likeness (QED) is 0.332. The van der Waals surface area contributed by atoms with Crippen molar-refractivity contribution < 1.29 is 4.39 Å². The highest BCUT2D eigenvalue weighted by Gasteiger charge is 2.31. The summed E-state index contributed by atoms with van der Waals surface area (Å²) in [6.45, 7) is 13.4. The highest BCUT2D eigenvalue weighted by molar-refractivity contribution is 5.83. The molecule has 36 heavy (non-hydrogen) atoms. The van der Waals surface area contributed by atoms with Crippen molar-refractivity contribution in [3.63, 3.8) is 0 Å². The predicted molar refractivity (Wildman–Crippen MR) is 140 cm³/mol. The van der Waals surface area contributed by atoms with E-state index in [9.17, 15) is 9.18 Å². The first kappa shape index (κ1) is 25.7. The minimum atomic E-state index is -0.275. The largest absolute Gasteiger partial charge is 0.322 e. The Morgan fingerprint density at radius 1 is 1.08 bits per heavy atom. The number of tetrazole rings is 1. The number of rotatable bonds is 9. The maximum atomic E-state index is 13.6. The molecule has 4 aromatic rings. The summed E-state index contributed by atoms with van der Waals surface area (Å²) >= 11 is 0. The highest BCUT2D eigenvalue weighted by atomic mass is 19.1. The molecule has 0 aliphatic carbocycles. The van der Waals surface area contributed by atoms with Crippen molar-refractivity contribution in [2.24, 2.45) is 0 Å². The van der Waals surface area contributed by atoms with Crippen molar-refractivity contribution in [3.8, 4) is 0 Å². The van der Waals surface area contributed by atoms with E-state index in [0.29, 0.717) is 18.7 Å². The van der Waals surface area contributed by atoms with Gasteiger partial charge >= 0.3 is 0 Å². The van der Waals surface area contributed by atoms with Gasteiger partial charge in [-0.25, -0.2) is 9.07 Å². The summed E-state index contributed by atoms with van der Waals surface area (Å²) < 4.78 is 15.5. The van der Waals surface area contributed by atoms with E-state index in [-0.39, 0.29) is 23.0 Å². The highest BCUT2D eigenvalue weighted by Crippen LogP contribution is 2.30. The van der Waals surface area contributed by atoms with Crippen LogP contribution < -0.4 is 5.56 Å². The van der Waals surface area contributed by atoms with E-state index < -0.39 is 0 Å². The minimum Gasteiger partial charge on any atom is -0.322 e. The molecular weight excluding hydrogens is 455 g/mol. The van der Waals surface area contributed by atoms with Gasteiger partial charge in [-0.1, -0.05) is 32.0 Å². The van der Waals surface area contributed by atoms with Crippen LogP contribution in [0.25, 0.3) is 10.9 Å². The number of nitrogens with one attached hydrogen (secondary N) is 1. The maximum Gasteiger partial charge on any atom is 0.252 e. The lowest BCUT2D eigenvalue weighted by molar-refractivity contribution is 0.150. The molecule has 0 fully saturated rings. The number of H-pyrrole nitrogens is 1. The first-order valence-corrected chi connectivity index (χ1v) is 12.5. The van der Waals surface area contributed by atoms with Gasteiger partial charge in [0.05, 0.1) is 11.6 Å². The number of hydrogen-bond donors (Lipinski definition) is 1. The number of benzene rings is 2. The zero-order chi connectivity index (χ0) is 26.0. The fraction of sp³-hybridized carbons (Fsp3) is 0.429. The van der Waals surface area contributed by atoms with Gasteiger partial charge in [0.1, 0.15) is 5.82 Å². The molecule has 1 N–H and O–H groups in total. The topological polar surface area (TPSA) is 79.7 Å². The van der Waals surface area contributed by atoms with E-state index in [2.05, 4.69) is 66.1 Å². The monoisotopic (exact) mass is 490 g/mol. The van der Waals surface area contributed by atoms with Gasteiger partial charge < -0.3 is 4.98 Å². The number of pyridine rings is 1. The first-order chi connectivity index (χ1) is 17.1. The molecule has 2 aromatic carbocycles. The van der Waals surface area contributed by atoms with Crippen LogP contribution in [-0.4, -0.2) is 30.1 Å². The van der Waals surface area contributed by atoms with Gasteiger partial charge in [-0.3, -0.25) is 9.69 Å². The van der Waals surface area contributed by atoms with Crippen LogP contribution in [0.15, 0.2) is 47.3 Å². The van der Waals surface area contributed by atoms with Crippen LogP contribution >= 0.6 is 0 Å². The minimum absolute atomic E-state index is 0.111. The molecule has 2 aromatic heterocycles. The van der Waals surface area contributed by atoms with Crippen LogP contribution in [0.3, 0.4) is 0 Å². The summed E-state index contributed by atoms with van der Waals surface area (Å²) in [4.78, 5) is 18.5. The smallest absolute Gasteiger partial charge is 0.252 e. The number of aryl methyl sites for hydroxylation is 2. The lowest BCUT2D eigenvalue weighted by Crippen LogP contribution is -2.36. The van der Waals surface area contributed by atoms with Crippen LogP contribution in [-0.2, 0) is 18.6 Å². The summed E-state index contributed by atoms with van der Waals surface area (Å²) in [5.41, 5.74) is 4.32. The SMILES string of the molecule is CC[C@H](c1nnnn1C(C)(C)CC)N(Cc1ccc(F)cc1)Cc1cc2c(C)cc(C)cc2[nH]c1=O. The number of fused-ring (bicyclic) bond motifs is 1. The van der Waals surface area contributed by atoms with Gasteiger partial charge in [0.2, 0.25) is 0 Å². The predicted octanol–water partition coefficient (Wildman–Crippen LogP) is 5.57. The lowest BCUT2D eigenvalue weighted by atomic mass is 10.0. The Kier molecular flexibility index (Phi) is 7.36. The third-order valence-corrected chi connectivity index (χ3v) is 7.12. The second-order valence-electron chi connectivity index (χ2n) is 10.2. The van der Waals surface area contributed by atoms with E-state index in [0.717, 1.165) is 46.3 Å². The van der Waals surface area contributed by atoms with Crippen molar-refractivity contribution in [1.82, 2.24) is 30.1 Å². The van der Waals surface area contributed by atoms with Crippen LogP contribution in [0.5, 0.6) is 0 Å². The van der Waals surface area contributed by atoms with E-state index in [1.54, 1.807) is 12.1 Å². The molecule has 0 saturated heterocycles. The average Bonchev–Trinajstić information content (AvgIpc) is 3.32. The molecule has 0 radical (unpaired) electrons. The third-order valence-electron chi connectivity index (χ3n) is 7.12. The fourth-order valence-corrected chi connectivity index (χ4v) is 4.74. The Morgan fingerprint density at radius 2 is 1.81 bits per heavy atom. The van der Waals surface area contributed by atoms with Crippen LogP contribution in [0.1, 0.15) is 74.7 Å². The van der Waals surface area contributed by atoms with Gasteiger partial charge in [0.25, 0.3) is 5.56 Å². The van der Waals surface area contributed by atoms with Gasteiger partial charge in [-0.15, -0.1) is 5.10 Å². The van der Waals surface area contributed by atoms with Gasteiger partial charge in [-0.2, -0.15) is 0 Å². The Morgan fingerprint density at radius 3 is 2.47 bits per heavy atom. The maximum absolute atomic E-state index is 13.6. The van der Waals surface area contributed by atoms with Gasteiger partial charge in [-0.05, 0) is 91.9 Å². The van der Waals surface area contributed by atoms with E-state index in [1.807, 2.05) is 23.7 Å². The van der Waals surface area contributed by atoms with Crippen LogP contribution in [0, 0.1) is 19.7 Å². The molecular formula is C28H35FN6O. The van der Waals surface area contributed by atoms with E-state index in [1.165, 1.54) is 12.1 Å². The van der Waals surface area contributed by atoms with Crippen LogP contribution in [0.2, 0.25) is 0 Å². The molecule has 0 spiro atoms. The summed E-state index contributed by atoms with van der Waals surface area (Å²) in [6.07, 6.45) is 1.60. The second kappa shape index (κ2) is 10.3. The Hall–Kier alpha value is -3.39. The molecule has 0 amide bonds. The number of halogens is 1. The standard InChI is InChI=1S/C28H35FN6O/c1-7-25(26-31-32-33-35(26)28(5,6)8-2)34(16-20-9-11-22(29)12-10-20)17-21-15-23-19(4)13-18(3)14-24(23)30-27(21)36/h9-15,25H,7-8,16-17H2,1-6H3,(H,30,36)/t25-/m1/s1. The van der Waals surface area contributed by atoms with Crippen molar-refractivity contribution in [2.45, 2.75) is 79.1 Å². The van der Waals surface area contributed by atoms with Crippen molar-refractivity contribution >= 4 is 10.9 Å². The molecule has 8 heteroatoms. The van der Waals surface area contributed by atoms with Crippen molar-refractivity contribution in [1.29, 1.82) is 0 Å². The normalized spacial score (nSPS) is 13.0. The molecule has 190 valence electrons. The summed E-state index contributed by atoms with van der Waals surface area (Å²) in [7, 11) is 0. The molecule has 2 heterocycles. The third kappa shape index (κ3) is 5.23. The number of aromatic nitrogens is 5. The van der Waals surface area contributed by atoms with Crippen LogP contribution in [0.4, 0.5) is 4.39 Å². The Labute approximate surface area is 211 Å². The molecule has 1 atom stereocenters. The number of nitrogens with zero attached hydrogens (tertiary/aromatic N) is 5. The second-order valence-corrected chi connectivity index (χ2v) is 10.2. The fourth-order valence-electron chi connectivity index (χ4n) is 4.74. The van der Waals surface area contributed by atoms with Gasteiger partial charge in [0, 0.05) is 29.6 Å². The summed E-state index contributed by atoms with van der Waals surface area (Å²) in [6, 6.07) is 12.5. The number of aromatic amines is 1. The molecule has 7 nitrogen and oxygen atoms in total.